The fourth-order valence-corrected chi connectivity index (χ4v) is 1.50. The second-order valence-corrected chi connectivity index (χ2v) is 5.28. The van der Waals surface area contributed by atoms with E-state index >= 15 is 0 Å². The Labute approximate surface area is 106 Å². The second-order valence-electron chi connectivity index (χ2n) is 5.28. The Hall–Kier alpha value is -2.11. The first kappa shape index (κ1) is 12.3. The second kappa shape index (κ2) is 4.29. The summed E-state index contributed by atoms with van der Waals surface area (Å²) in [5.41, 5.74) is 6.54. The summed E-state index contributed by atoms with van der Waals surface area (Å²) in [4.78, 5) is 8.73. The number of anilines is 3. The minimum absolute atomic E-state index is 0.138. The van der Waals surface area contributed by atoms with E-state index in [-0.39, 0.29) is 5.41 Å². The molecule has 0 radical (unpaired) electrons. The van der Waals surface area contributed by atoms with E-state index in [0.717, 1.165) is 5.69 Å². The molecule has 0 atom stereocenters. The van der Waals surface area contributed by atoms with E-state index in [1.165, 1.54) is 0 Å². The Kier molecular flexibility index (Phi) is 2.94. The molecular formula is C12H18N6. The molecule has 0 saturated carbocycles. The molecule has 0 aromatic carbocycles. The number of nitrogens with zero attached hydrogens (tertiary/aromatic N) is 4. The van der Waals surface area contributed by atoms with E-state index in [2.05, 4.69) is 41.2 Å². The number of nitrogens with one attached hydrogen (secondary N) is 1. The van der Waals surface area contributed by atoms with Gasteiger partial charge in [0.2, 0.25) is 0 Å². The molecule has 0 spiro atoms. The maximum Gasteiger partial charge on any atom is 0.138 e. The van der Waals surface area contributed by atoms with E-state index in [4.69, 9.17) is 5.73 Å². The van der Waals surface area contributed by atoms with Crippen LogP contribution in [0.3, 0.4) is 0 Å². The number of aryl methyl sites for hydroxylation is 1. The molecular weight excluding hydrogens is 228 g/mol. The lowest BCUT2D eigenvalue weighted by molar-refractivity contribution is 0.547. The fraction of sp³-hybridized carbons (Fsp3) is 0.417. The lowest BCUT2D eigenvalue weighted by atomic mass is 9.96. The molecule has 96 valence electrons. The molecule has 0 unspecified atom stereocenters. The highest BCUT2D eigenvalue weighted by atomic mass is 15.3. The average Bonchev–Trinajstić information content (AvgIpc) is 2.61. The smallest absolute Gasteiger partial charge is 0.138 e. The third kappa shape index (κ3) is 2.77. The highest BCUT2D eigenvalue weighted by molar-refractivity contribution is 5.57. The van der Waals surface area contributed by atoms with Crippen molar-refractivity contribution in [3.05, 3.63) is 24.3 Å². The van der Waals surface area contributed by atoms with Crippen LogP contribution >= 0.6 is 0 Å². The SMILES string of the molecule is Cn1cc(Nc2cc(N)nc(C(C)(C)C)n2)cn1. The number of rotatable bonds is 2. The molecule has 0 fully saturated rings. The summed E-state index contributed by atoms with van der Waals surface area (Å²) in [6, 6.07) is 1.71. The highest BCUT2D eigenvalue weighted by Gasteiger charge is 2.18. The van der Waals surface area contributed by atoms with Gasteiger partial charge < -0.3 is 11.1 Å². The number of hydrogen-bond donors (Lipinski definition) is 2. The number of nitrogens with two attached hydrogens (primary N) is 1. The molecule has 6 nitrogen and oxygen atoms in total. The van der Waals surface area contributed by atoms with Gasteiger partial charge >= 0.3 is 0 Å². The summed E-state index contributed by atoms with van der Waals surface area (Å²) in [6.45, 7) is 6.15. The van der Waals surface area contributed by atoms with Gasteiger partial charge in [-0.05, 0) is 0 Å². The van der Waals surface area contributed by atoms with Crippen LogP contribution in [-0.4, -0.2) is 19.7 Å². The van der Waals surface area contributed by atoms with Crippen molar-refractivity contribution < 1.29 is 0 Å². The van der Waals surface area contributed by atoms with Crippen LogP contribution in [0.4, 0.5) is 17.3 Å². The number of nitrogen functional groups attached to an aromatic ring is 1. The molecule has 3 N–H and O–H groups in total. The standard InChI is InChI=1S/C12H18N6/c1-12(2,3)11-16-9(13)5-10(17-11)15-8-6-14-18(4)7-8/h5-7H,1-4H3,(H3,13,15,16,17). The van der Waals surface area contributed by atoms with Crippen LogP contribution in [0.2, 0.25) is 0 Å². The number of aromatic nitrogens is 4. The van der Waals surface area contributed by atoms with Crippen LogP contribution in [0.25, 0.3) is 0 Å². The van der Waals surface area contributed by atoms with Crippen molar-refractivity contribution in [3.63, 3.8) is 0 Å². The molecule has 0 aliphatic heterocycles. The van der Waals surface area contributed by atoms with E-state index in [9.17, 15) is 0 Å². The van der Waals surface area contributed by atoms with Gasteiger partial charge in [-0.1, -0.05) is 20.8 Å². The van der Waals surface area contributed by atoms with Crippen molar-refractivity contribution in [1.29, 1.82) is 0 Å². The van der Waals surface area contributed by atoms with Crippen LogP contribution < -0.4 is 11.1 Å². The van der Waals surface area contributed by atoms with Gasteiger partial charge in [-0.25, -0.2) is 9.97 Å². The predicted octanol–water partition coefficient (Wildman–Crippen LogP) is 1.83. The van der Waals surface area contributed by atoms with E-state index in [1.54, 1.807) is 16.9 Å². The Balaban J connectivity index is 2.31. The first-order valence-corrected chi connectivity index (χ1v) is 5.75. The average molecular weight is 246 g/mol. The Morgan fingerprint density at radius 1 is 1.28 bits per heavy atom. The van der Waals surface area contributed by atoms with Gasteiger partial charge in [-0.15, -0.1) is 0 Å². The fourth-order valence-electron chi connectivity index (χ4n) is 1.50. The van der Waals surface area contributed by atoms with Crippen LogP contribution in [0.1, 0.15) is 26.6 Å². The Morgan fingerprint density at radius 2 is 2.00 bits per heavy atom. The summed E-state index contributed by atoms with van der Waals surface area (Å²) in [7, 11) is 1.86. The molecule has 0 aliphatic rings. The zero-order valence-corrected chi connectivity index (χ0v) is 11.1. The highest BCUT2D eigenvalue weighted by Crippen LogP contribution is 2.22. The molecule has 0 aliphatic carbocycles. The van der Waals surface area contributed by atoms with Gasteiger partial charge in [0.05, 0.1) is 11.9 Å². The summed E-state index contributed by atoms with van der Waals surface area (Å²) in [6.07, 6.45) is 3.60. The largest absolute Gasteiger partial charge is 0.384 e. The van der Waals surface area contributed by atoms with Crippen LogP contribution in [0.15, 0.2) is 18.5 Å². The van der Waals surface area contributed by atoms with Crippen LogP contribution in [0.5, 0.6) is 0 Å². The van der Waals surface area contributed by atoms with Crippen LogP contribution in [0, 0.1) is 0 Å². The third-order valence-electron chi connectivity index (χ3n) is 2.39. The molecule has 2 heterocycles. The van der Waals surface area contributed by atoms with E-state index < -0.39 is 0 Å². The molecule has 0 bridgehead atoms. The summed E-state index contributed by atoms with van der Waals surface area (Å²) in [5, 5.41) is 7.25. The molecule has 2 aromatic heterocycles. The van der Waals surface area contributed by atoms with Gasteiger partial charge in [-0.3, -0.25) is 4.68 Å². The predicted molar refractivity (Wildman–Crippen MR) is 71.6 cm³/mol. The van der Waals surface area contributed by atoms with E-state index in [0.29, 0.717) is 17.5 Å². The van der Waals surface area contributed by atoms with Gasteiger partial charge in [0.15, 0.2) is 0 Å². The molecule has 0 saturated heterocycles. The Morgan fingerprint density at radius 3 is 2.56 bits per heavy atom. The molecule has 0 amide bonds. The van der Waals surface area contributed by atoms with Gasteiger partial charge in [-0.2, -0.15) is 5.10 Å². The minimum atomic E-state index is -0.138. The first-order chi connectivity index (χ1) is 8.34. The maximum absolute atomic E-state index is 5.80. The lowest BCUT2D eigenvalue weighted by Crippen LogP contribution is -2.17. The van der Waals surface area contributed by atoms with Crippen molar-refractivity contribution in [2.24, 2.45) is 7.05 Å². The molecule has 18 heavy (non-hydrogen) atoms. The summed E-state index contributed by atoms with van der Waals surface area (Å²) < 4.78 is 1.72. The minimum Gasteiger partial charge on any atom is -0.384 e. The molecule has 6 heteroatoms. The van der Waals surface area contributed by atoms with Crippen LogP contribution in [-0.2, 0) is 12.5 Å². The summed E-state index contributed by atoms with van der Waals surface area (Å²) in [5.74, 6) is 1.86. The Bertz CT molecular complexity index is 552. The van der Waals surface area contributed by atoms with Crippen molar-refractivity contribution in [1.82, 2.24) is 19.7 Å². The topological polar surface area (TPSA) is 81.7 Å². The maximum atomic E-state index is 5.80. The van der Waals surface area contributed by atoms with Gasteiger partial charge in [0.25, 0.3) is 0 Å². The van der Waals surface area contributed by atoms with Crippen molar-refractivity contribution in [2.45, 2.75) is 26.2 Å². The first-order valence-electron chi connectivity index (χ1n) is 5.75. The zero-order valence-electron chi connectivity index (χ0n) is 11.1. The quantitative estimate of drug-likeness (QED) is 0.844. The lowest BCUT2D eigenvalue weighted by Gasteiger charge is -2.17. The third-order valence-corrected chi connectivity index (χ3v) is 2.39. The summed E-state index contributed by atoms with van der Waals surface area (Å²) >= 11 is 0. The monoisotopic (exact) mass is 246 g/mol. The normalized spacial score (nSPS) is 11.6. The molecule has 2 aromatic rings. The van der Waals surface area contributed by atoms with Gasteiger partial charge in [0, 0.05) is 24.7 Å². The zero-order chi connectivity index (χ0) is 13.3. The van der Waals surface area contributed by atoms with Gasteiger partial charge in [0.1, 0.15) is 17.5 Å². The van der Waals surface area contributed by atoms with Crippen molar-refractivity contribution in [3.8, 4) is 0 Å². The molecule has 2 rings (SSSR count). The van der Waals surface area contributed by atoms with Crippen molar-refractivity contribution >= 4 is 17.3 Å². The van der Waals surface area contributed by atoms with E-state index in [1.807, 2.05) is 13.2 Å². The number of hydrogen-bond acceptors (Lipinski definition) is 5. The van der Waals surface area contributed by atoms with Crippen molar-refractivity contribution in [2.75, 3.05) is 11.1 Å².